The number of hydrogen-bond acceptors (Lipinski definition) is 6. The largest absolute Gasteiger partial charge is 0.459 e. The van der Waals surface area contributed by atoms with Gasteiger partial charge in [0, 0.05) is 23.8 Å². The Balaban J connectivity index is 1.67. The number of aryl methyl sites for hydroxylation is 1. The zero-order valence-corrected chi connectivity index (χ0v) is 18.2. The first-order valence-corrected chi connectivity index (χ1v) is 11.7. The van der Waals surface area contributed by atoms with E-state index in [2.05, 4.69) is 10.6 Å². The van der Waals surface area contributed by atoms with Gasteiger partial charge in [0.15, 0.2) is 15.6 Å². The van der Waals surface area contributed by atoms with Crippen molar-refractivity contribution < 1.29 is 27.2 Å². The van der Waals surface area contributed by atoms with Crippen LogP contribution in [-0.4, -0.2) is 61.7 Å². The summed E-state index contributed by atoms with van der Waals surface area (Å²) < 4.78 is 28.2. The van der Waals surface area contributed by atoms with Gasteiger partial charge in [0.05, 0.1) is 24.3 Å². The molecule has 166 valence electrons. The maximum atomic E-state index is 12.9. The molecule has 2 aromatic rings. The molecule has 2 N–H and O–H groups in total. The SMILES string of the molecule is CCN(CC(=O)NC1CCS(=O)(=O)C1)C(=O)c1ccc(C)c(NC(=O)c2ccco2)c1. The number of carbonyl (C=O) groups is 3. The minimum Gasteiger partial charge on any atom is -0.459 e. The third kappa shape index (κ3) is 5.72. The summed E-state index contributed by atoms with van der Waals surface area (Å²) in [6, 6.07) is 7.61. The molecule has 1 aliphatic rings. The molecule has 0 radical (unpaired) electrons. The van der Waals surface area contributed by atoms with Crippen LogP contribution in [0.3, 0.4) is 0 Å². The minimum absolute atomic E-state index is 0.0598. The van der Waals surface area contributed by atoms with E-state index in [-0.39, 0.29) is 36.3 Å². The molecule has 1 saturated heterocycles. The summed E-state index contributed by atoms with van der Waals surface area (Å²) in [6.45, 7) is 3.65. The first-order valence-electron chi connectivity index (χ1n) is 9.93. The topological polar surface area (TPSA) is 126 Å². The van der Waals surface area contributed by atoms with Crippen molar-refractivity contribution in [1.82, 2.24) is 10.2 Å². The number of furan rings is 1. The van der Waals surface area contributed by atoms with Crippen molar-refractivity contribution in [2.24, 2.45) is 0 Å². The fourth-order valence-electron chi connectivity index (χ4n) is 3.35. The number of anilines is 1. The molecule has 0 spiro atoms. The lowest BCUT2D eigenvalue weighted by Gasteiger charge is -2.22. The van der Waals surface area contributed by atoms with Gasteiger partial charge in [0.2, 0.25) is 5.91 Å². The van der Waals surface area contributed by atoms with E-state index in [1.54, 1.807) is 38.1 Å². The van der Waals surface area contributed by atoms with E-state index in [9.17, 15) is 22.8 Å². The highest BCUT2D eigenvalue weighted by Crippen LogP contribution is 2.19. The van der Waals surface area contributed by atoms with Gasteiger partial charge in [-0.3, -0.25) is 14.4 Å². The van der Waals surface area contributed by atoms with Crippen molar-refractivity contribution in [3.05, 3.63) is 53.5 Å². The molecular weight excluding hydrogens is 422 g/mol. The van der Waals surface area contributed by atoms with Crippen LogP contribution in [0.25, 0.3) is 0 Å². The lowest BCUT2D eigenvalue weighted by molar-refractivity contribution is -0.122. The quantitative estimate of drug-likeness (QED) is 0.664. The molecule has 2 heterocycles. The van der Waals surface area contributed by atoms with Crippen molar-refractivity contribution in [3.63, 3.8) is 0 Å². The Morgan fingerprint density at radius 3 is 2.61 bits per heavy atom. The number of sulfone groups is 1. The maximum Gasteiger partial charge on any atom is 0.291 e. The molecule has 3 rings (SSSR count). The Labute approximate surface area is 180 Å². The summed E-state index contributed by atoms with van der Waals surface area (Å²) in [4.78, 5) is 38.9. The fraction of sp³-hybridized carbons (Fsp3) is 0.381. The van der Waals surface area contributed by atoms with Crippen LogP contribution in [0.5, 0.6) is 0 Å². The van der Waals surface area contributed by atoms with Gasteiger partial charge in [0.25, 0.3) is 11.8 Å². The van der Waals surface area contributed by atoms with Gasteiger partial charge in [-0.2, -0.15) is 0 Å². The van der Waals surface area contributed by atoms with Crippen LogP contribution >= 0.6 is 0 Å². The highest BCUT2D eigenvalue weighted by atomic mass is 32.2. The van der Waals surface area contributed by atoms with Crippen molar-refractivity contribution in [3.8, 4) is 0 Å². The number of nitrogens with one attached hydrogen (secondary N) is 2. The average molecular weight is 448 g/mol. The molecule has 1 atom stereocenters. The van der Waals surface area contributed by atoms with Crippen LogP contribution in [0.2, 0.25) is 0 Å². The van der Waals surface area contributed by atoms with E-state index in [0.29, 0.717) is 17.7 Å². The predicted molar refractivity (Wildman–Crippen MR) is 115 cm³/mol. The van der Waals surface area contributed by atoms with Crippen molar-refractivity contribution >= 4 is 33.2 Å². The summed E-state index contributed by atoms with van der Waals surface area (Å²) in [7, 11) is -3.11. The molecule has 10 heteroatoms. The molecule has 1 aromatic carbocycles. The Kier molecular flexibility index (Phi) is 6.79. The van der Waals surface area contributed by atoms with E-state index in [4.69, 9.17) is 4.42 Å². The summed E-state index contributed by atoms with van der Waals surface area (Å²) in [5.41, 5.74) is 1.54. The standard InChI is InChI=1S/C21H25N3O6S/c1-3-24(12-19(25)22-16-8-10-31(28,29)13-16)21(27)15-7-6-14(2)17(11-15)23-20(26)18-5-4-9-30-18/h4-7,9,11,16H,3,8,10,12-13H2,1-2H3,(H,22,25)(H,23,26). The normalized spacial score (nSPS) is 17.2. The number of nitrogens with zero attached hydrogens (tertiary/aromatic N) is 1. The second kappa shape index (κ2) is 9.34. The van der Waals surface area contributed by atoms with Crippen LogP contribution in [0.15, 0.2) is 41.0 Å². The molecule has 1 aliphatic heterocycles. The molecule has 1 unspecified atom stereocenters. The molecular formula is C21H25N3O6S. The Morgan fingerprint density at radius 1 is 1.23 bits per heavy atom. The van der Waals surface area contributed by atoms with Gasteiger partial charge in [-0.1, -0.05) is 6.07 Å². The summed E-state index contributed by atoms with van der Waals surface area (Å²) >= 11 is 0. The summed E-state index contributed by atoms with van der Waals surface area (Å²) in [6.07, 6.45) is 1.78. The van der Waals surface area contributed by atoms with Crippen LogP contribution in [0.1, 0.15) is 39.8 Å². The van der Waals surface area contributed by atoms with Crippen molar-refractivity contribution in [1.29, 1.82) is 0 Å². The third-order valence-corrected chi connectivity index (χ3v) is 6.85. The van der Waals surface area contributed by atoms with E-state index >= 15 is 0 Å². The first kappa shape index (κ1) is 22.5. The van der Waals surface area contributed by atoms with Gasteiger partial charge in [0.1, 0.15) is 0 Å². The smallest absolute Gasteiger partial charge is 0.291 e. The molecule has 3 amide bonds. The maximum absolute atomic E-state index is 12.9. The van der Waals surface area contributed by atoms with Crippen molar-refractivity contribution in [2.45, 2.75) is 26.3 Å². The predicted octanol–water partition coefficient (Wildman–Crippen LogP) is 1.61. The fourth-order valence-corrected chi connectivity index (χ4v) is 5.02. The number of carbonyl (C=O) groups excluding carboxylic acids is 3. The van der Waals surface area contributed by atoms with E-state index < -0.39 is 27.7 Å². The van der Waals surface area contributed by atoms with Crippen LogP contribution in [0.4, 0.5) is 5.69 Å². The van der Waals surface area contributed by atoms with Crippen LogP contribution in [-0.2, 0) is 14.6 Å². The summed E-state index contributed by atoms with van der Waals surface area (Å²) in [5.74, 6) is -1.08. The highest BCUT2D eigenvalue weighted by molar-refractivity contribution is 7.91. The van der Waals surface area contributed by atoms with Gasteiger partial charge in [-0.25, -0.2) is 8.42 Å². The van der Waals surface area contributed by atoms with Gasteiger partial charge in [-0.15, -0.1) is 0 Å². The molecule has 1 aromatic heterocycles. The van der Waals surface area contributed by atoms with Crippen LogP contribution in [0, 0.1) is 6.92 Å². The van der Waals surface area contributed by atoms with Crippen molar-refractivity contribution in [2.75, 3.05) is 29.9 Å². The third-order valence-electron chi connectivity index (χ3n) is 5.08. The minimum atomic E-state index is -3.11. The van der Waals surface area contributed by atoms with Gasteiger partial charge < -0.3 is 20.0 Å². The van der Waals surface area contributed by atoms with Gasteiger partial charge in [-0.05, 0) is 50.1 Å². The number of rotatable bonds is 7. The first-order chi connectivity index (χ1) is 14.7. The molecule has 0 aliphatic carbocycles. The highest BCUT2D eigenvalue weighted by Gasteiger charge is 2.29. The zero-order chi connectivity index (χ0) is 22.6. The number of amides is 3. The number of likely N-dealkylation sites (N-methyl/N-ethyl adjacent to an activating group) is 1. The molecule has 1 fully saturated rings. The second-order valence-corrected chi connectivity index (χ2v) is 9.68. The summed E-state index contributed by atoms with van der Waals surface area (Å²) in [5, 5.41) is 5.41. The Bertz CT molecular complexity index is 1080. The molecule has 0 saturated carbocycles. The zero-order valence-electron chi connectivity index (χ0n) is 17.4. The Hall–Kier alpha value is -3.14. The van der Waals surface area contributed by atoms with Gasteiger partial charge >= 0.3 is 0 Å². The van der Waals surface area contributed by atoms with Crippen LogP contribution < -0.4 is 10.6 Å². The monoisotopic (exact) mass is 447 g/mol. The second-order valence-electron chi connectivity index (χ2n) is 7.45. The molecule has 0 bridgehead atoms. The van der Waals surface area contributed by atoms with E-state index in [1.165, 1.54) is 17.2 Å². The Morgan fingerprint density at radius 2 is 2.00 bits per heavy atom. The lowest BCUT2D eigenvalue weighted by Crippen LogP contribution is -2.44. The van der Waals surface area contributed by atoms with E-state index in [0.717, 1.165) is 5.56 Å². The molecule has 9 nitrogen and oxygen atoms in total. The average Bonchev–Trinajstić information content (AvgIpc) is 3.37. The number of benzene rings is 1. The molecule has 31 heavy (non-hydrogen) atoms. The lowest BCUT2D eigenvalue weighted by atomic mass is 10.1. The number of hydrogen-bond donors (Lipinski definition) is 2. The van der Waals surface area contributed by atoms with E-state index in [1.807, 2.05) is 0 Å².